The van der Waals surface area contributed by atoms with Gasteiger partial charge >= 0.3 is 0 Å². The fraction of sp³-hybridized carbons (Fsp3) is 0.615. The van der Waals surface area contributed by atoms with E-state index >= 15 is 0 Å². The topological polar surface area (TPSA) is 21.6 Å². The zero-order valence-corrected chi connectivity index (χ0v) is 9.68. The molecule has 1 saturated heterocycles. The lowest BCUT2D eigenvalue weighted by atomic mass is 9.99. The third-order valence-corrected chi connectivity index (χ3v) is 3.44. The molecule has 1 aliphatic heterocycles. The zero-order chi connectivity index (χ0) is 10.9. The Labute approximate surface area is 91.7 Å². The first-order valence-corrected chi connectivity index (χ1v) is 5.61. The van der Waals surface area contributed by atoms with Crippen molar-refractivity contribution < 1.29 is 4.74 Å². The van der Waals surface area contributed by atoms with Gasteiger partial charge in [-0.2, -0.15) is 0 Å². The molecule has 0 N–H and O–H groups in total. The van der Waals surface area contributed by atoms with Gasteiger partial charge in [0.1, 0.15) is 5.76 Å². The second-order valence-electron chi connectivity index (χ2n) is 4.79. The Kier molecular flexibility index (Phi) is 2.68. The molecule has 2 fully saturated rings. The highest BCUT2D eigenvalue weighted by Gasteiger charge is 2.44. The maximum atomic E-state index is 5.90. The summed E-state index contributed by atoms with van der Waals surface area (Å²) in [5.41, 5.74) is 2.73. The lowest BCUT2D eigenvalue weighted by Gasteiger charge is -2.12. The van der Waals surface area contributed by atoms with Crippen molar-refractivity contribution in [3.63, 3.8) is 0 Å². The Balaban J connectivity index is 2.18. The minimum absolute atomic E-state index is 0.494. The van der Waals surface area contributed by atoms with Crippen LogP contribution in [-0.4, -0.2) is 19.9 Å². The normalized spacial score (nSPS) is 27.7. The van der Waals surface area contributed by atoms with Crippen LogP contribution in [0.15, 0.2) is 28.5 Å². The average molecular weight is 205 g/mol. The van der Waals surface area contributed by atoms with Gasteiger partial charge < -0.3 is 4.74 Å². The summed E-state index contributed by atoms with van der Waals surface area (Å²) in [7, 11) is 1.78. The second-order valence-corrected chi connectivity index (χ2v) is 4.79. The first kappa shape index (κ1) is 10.5. The van der Waals surface area contributed by atoms with E-state index in [1.807, 2.05) is 13.1 Å². The highest BCUT2D eigenvalue weighted by molar-refractivity contribution is 5.79. The summed E-state index contributed by atoms with van der Waals surface area (Å²) < 4.78 is 5.90. The van der Waals surface area contributed by atoms with Crippen molar-refractivity contribution in [1.29, 1.82) is 0 Å². The molecule has 1 heterocycles. The van der Waals surface area contributed by atoms with Crippen LogP contribution in [0.2, 0.25) is 0 Å². The minimum Gasteiger partial charge on any atom is -0.492 e. The van der Waals surface area contributed by atoms with E-state index in [0.717, 1.165) is 29.9 Å². The summed E-state index contributed by atoms with van der Waals surface area (Å²) in [6, 6.07) is 0. The van der Waals surface area contributed by atoms with E-state index in [4.69, 9.17) is 4.74 Å². The summed E-state index contributed by atoms with van der Waals surface area (Å²) in [6.07, 6.45) is 6.82. The molecule has 2 nitrogen and oxygen atoms in total. The van der Waals surface area contributed by atoms with Crippen LogP contribution < -0.4 is 0 Å². The number of rotatable bonds is 1. The molecule has 0 radical (unpaired) electrons. The highest BCUT2D eigenvalue weighted by atomic mass is 16.5. The molecule has 0 aromatic heterocycles. The van der Waals surface area contributed by atoms with E-state index in [2.05, 4.69) is 11.6 Å². The number of hydrogen-bond acceptors (Lipinski definition) is 2. The van der Waals surface area contributed by atoms with Crippen molar-refractivity contribution in [1.82, 2.24) is 0 Å². The zero-order valence-electron chi connectivity index (χ0n) is 9.68. The van der Waals surface area contributed by atoms with E-state index in [1.54, 1.807) is 7.05 Å². The van der Waals surface area contributed by atoms with Crippen LogP contribution in [0.25, 0.3) is 0 Å². The van der Waals surface area contributed by atoms with Crippen molar-refractivity contribution in [3.05, 3.63) is 23.5 Å². The molecule has 0 amide bonds. The van der Waals surface area contributed by atoms with Crippen LogP contribution in [-0.2, 0) is 4.74 Å². The molecular weight excluding hydrogens is 186 g/mol. The fourth-order valence-electron chi connectivity index (χ4n) is 2.15. The number of nitrogens with zero attached hydrogens (tertiary/aromatic N) is 1. The molecule has 0 atom stereocenters. The van der Waals surface area contributed by atoms with Gasteiger partial charge in [-0.15, -0.1) is 0 Å². The van der Waals surface area contributed by atoms with Crippen LogP contribution in [0.1, 0.15) is 32.6 Å². The fourth-order valence-corrected chi connectivity index (χ4v) is 2.15. The molecule has 2 rings (SSSR count). The molecule has 2 heteroatoms. The Morgan fingerprint density at radius 2 is 2.20 bits per heavy atom. The first-order chi connectivity index (χ1) is 7.17. The van der Waals surface area contributed by atoms with Crippen molar-refractivity contribution in [2.75, 3.05) is 13.7 Å². The lowest BCUT2D eigenvalue weighted by molar-refractivity contribution is 0.167. The molecule has 0 aromatic carbocycles. The van der Waals surface area contributed by atoms with Gasteiger partial charge in [0.05, 0.1) is 6.61 Å². The average Bonchev–Trinajstić information content (AvgIpc) is 2.98. The van der Waals surface area contributed by atoms with Gasteiger partial charge in [0.15, 0.2) is 0 Å². The van der Waals surface area contributed by atoms with Gasteiger partial charge in [-0.25, -0.2) is 0 Å². The van der Waals surface area contributed by atoms with Gasteiger partial charge in [-0.1, -0.05) is 6.58 Å². The summed E-state index contributed by atoms with van der Waals surface area (Å²) >= 11 is 0. The van der Waals surface area contributed by atoms with Gasteiger partial charge in [0.25, 0.3) is 0 Å². The third kappa shape index (κ3) is 2.14. The molecule has 1 saturated carbocycles. The molecule has 0 aromatic rings. The maximum Gasteiger partial charge on any atom is 0.126 e. The van der Waals surface area contributed by atoms with Gasteiger partial charge in [0.2, 0.25) is 0 Å². The molecule has 15 heavy (non-hydrogen) atoms. The summed E-state index contributed by atoms with van der Waals surface area (Å²) in [6.45, 7) is 7.02. The number of hydrogen-bond donors (Lipinski definition) is 0. The van der Waals surface area contributed by atoms with E-state index in [9.17, 15) is 0 Å². The van der Waals surface area contributed by atoms with Crippen LogP contribution in [0, 0.1) is 5.41 Å². The predicted molar refractivity (Wildman–Crippen MR) is 63.1 cm³/mol. The van der Waals surface area contributed by atoms with Gasteiger partial charge in [-0.3, -0.25) is 4.99 Å². The van der Waals surface area contributed by atoms with Crippen LogP contribution in [0.5, 0.6) is 0 Å². The predicted octanol–water partition coefficient (Wildman–Crippen LogP) is 3.11. The van der Waals surface area contributed by atoms with Gasteiger partial charge in [-0.05, 0) is 38.2 Å². The molecule has 1 aliphatic carbocycles. The quantitative estimate of drug-likeness (QED) is 0.603. The number of allylic oxidation sites excluding steroid dienone is 2. The van der Waals surface area contributed by atoms with Crippen LogP contribution in [0.4, 0.5) is 0 Å². The Morgan fingerprint density at radius 3 is 2.80 bits per heavy atom. The van der Waals surface area contributed by atoms with Crippen molar-refractivity contribution in [2.24, 2.45) is 10.4 Å². The molecule has 82 valence electrons. The molecule has 0 bridgehead atoms. The monoisotopic (exact) mass is 205 g/mol. The summed E-state index contributed by atoms with van der Waals surface area (Å²) in [4.78, 5) is 4.02. The molecule has 1 spiro atoms. The van der Waals surface area contributed by atoms with Gasteiger partial charge in [0, 0.05) is 24.3 Å². The lowest BCUT2D eigenvalue weighted by Crippen LogP contribution is -2.06. The number of aliphatic imine (C=N–C) groups is 1. The molecule has 0 unspecified atom stereocenters. The standard InChI is InChI=1S/C13H19NO/c1-10-4-5-13(6-7-13)9-15-12(10)11(2)8-14-3/h8H,1,4-7,9H2,2-3H3/b12-11+,14-8-. The Hall–Kier alpha value is -1.05. The smallest absolute Gasteiger partial charge is 0.126 e. The van der Waals surface area contributed by atoms with Crippen LogP contribution in [0.3, 0.4) is 0 Å². The molecule has 2 aliphatic rings. The van der Waals surface area contributed by atoms with Crippen LogP contribution >= 0.6 is 0 Å². The highest BCUT2D eigenvalue weighted by Crippen LogP contribution is 2.52. The van der Waals surface area contributed by atoms with E-state index in [1.165, 1.54) is 19.3 Å². The van der Waals surface area contributed by atoms with E-state index < -0.39 is 0 Å². The largest absolute Gasteiger partial charge is 0.492 e. The Morgan fingerprint density at radius 1 is 1.47 bits per heavy atom. The SMILES string of the molecule is C=C1CCC2(CC2)CO/C1=C(C)/C=N\C. The maximum absolute atomic E-state index is 5.90. The minimum atomic E-state index is 0.494. The second kappa shape index (κ2) is 3.84. The summed E-state index contributed by atoms with van der Waals surface area (Å²) in [5, 5.41) is 0. The summed E-state index contributed by atoms with van der Waals surface area (Å²) in [5.74, 6) is 0.976. The van der Waals surface area contributed by atoms with E-state index in [0.29, 0.717) is 5.41 Å². The van der Waals surface area contributed by atoms with E-state index in [-0.39, 0.29) is 0 Å². The third-order valence-electron chi connectivity index (χ3n) is 3.44. The van der Waals surface area contributed by atoms with Crippen molar-refractivity contribution in [3.8, 4) is 0 Å². The Bertz CT molecular complexity index is 334. The van der Waals surface area contributed by atoms with Crippen molar-refractivity contribution >= 4 is 6.21 Å². The van der Waals surface area contributed by atoms with Crippen molar-refractivity contribution in [2.45, 2.75) is 32.6 Å². The first-order valence-electron chi connectivity index (χ1n) is 5.61. The molecular formula is C13H19NO. The number of ether oxygens (including phenoxy) is 1.